The minimum Gasteiger partial charge on any atom is -0.485 e. The van der Waals surface area contributed by atoms with Crippen molar-refractivity contribution in [1.82, 2.24) is 9.62 Å². The summed E-state index contributed by atoms with van der Waals surface area (Å²) in [6.45, 7) is 8.00. The maximum atomic E-state index is 13.5. The Morgan fingerprint density at radius 2 is 1.67 bits per heavy atom. The molecule has 8 nitrogen and oxygen atoms in total. The number of amides is 1. The third-order valence-electron chi connectivity index (χ3n) is 7.61. The molecule has 2 heterocycles. The zero-order valence-electron chi connectivity index (χ0n) is 22.5. The van der Waals surface area contributed by atoms with Gasteiger partial charge in [0, 0.05) is 43.0 Å². The molecular weight excluding hydrogens is 514 g/mol. The number of hydrogen-bond donors (Lipinski definition) is 2. The van der Waals surface area contributed by atoms with E-state index in [0.717, 1.165) is 30.8 Å². The second kappa shape index (κ2) is 10.6. The predicted octanol–water partition coefficient (Wildman–Crippen LogP) is 3.76. The molecule has 1 fully saturated rings. The lowest BCUT2D eigenvalue weighted by atomic mass is 9.86. The van der Waals surface area contributed by atoms with E-state index in [1.54, 1.807) is 61.2 Å². The molecule has 2 atom stereocenters. The van der Waals surface area contributed by atoms with Gasteiger partial charge >= 0.3 is 0 Å². The maximum absolute atomic E-state index is 13.5. The van der Waals surface area contributed by atoms with Gasteiger partial charge in [0.1, 0.15) is 17.5 Å². The first-order valence-electron chi connectivity index (χ1n) is 13.3. The van der Waals surface area contributed by atoms with Crippen molar-refractivity contribution in [1.29, 1.82) is 0 Å². The fourth-order valence-electron chi connectivity index (χ4n) is 5.19. The Morgan fingerprint density at radius 3 is 2.31 bits per heavy atom. The van der Waals surface area contributed by atoms with Gasteiger partial charge in [-0.3, -0.25) is 4.79 Å². The van der Waals surface area contributed by atoms with Gasteiger partial charge in [-0.25, -0.2) is 13.1 Å². The normalized spacial score (nSPS) is 20.7. The van der Waals surface area contributed by atoms with Crippen LogP contribution in [0.3, 0.4) is 0 Å². The average Bonchev–Trinajstić information content (AvgIpc) is 2.95. The molecule has 2 aliphatic heterocycles. The molecule has 9 heteroatoms. The van der Waals surface area contributed by atoms with Gasteiger partial charge in [0.2, 0.25) is 10.0 Å². The highest BCUT2D eigenvalue weighted by molar-refractivity contribution is 7.89. The minimum absolute atomic E-state index is 0.112. The number of hydrogen-bond acceptors (Lipinski definition) is 6. The summed E-state index contributed by atoms with van der Waals surface area (Å²) in [6, 6.07) is 20.8. The van der Waals surface area contributed by atoms with Crippen molar-refractivity contribution < 1.29 is 23.1 Å². The Bertz CT molecular complexity index is 1430. The first kappa shape index (κ1) is 27.2. The van der Waals surface area contributed by atoms with Crippen LogP contribution in [0.2, 0.25) is 0 Å². The molecule has 1 saturated heterocycles. The number of ether oxygens (including phenoxy) is 1. The molecule has 2 aliphatic rings. The van der Waals surface area contributed by atoms with Crippen LogP contribution in [0.1, 0.15) is 48.3 Å². The van der Waals surface area contributed by atoms with Crippen molar-refractivity contribution in [2.24, 2.45) is 0 Å². The van der Waals surface area contributed by atoms with Crippen molar-refractivity contribution in [2.45, 2.75) is 49.8 Å². The minimum atomic E-state index is -3.96. The van der Waals surface area contributed by atoms with Gasteiger partial charge in [-0.1, -0.05) is 37.3 Å². The lowest BCUT2D eigenvalue weighted by Crippen LogP contribution is -2.53. The summed E-state index contributed by atoms with van der Waals surface area (Å²) >= 11 is 0. The number of benzene rings is 3. The third kappa shape index (κ3) is 5.52. The molecule has 0 saturated carbocycles. The molecule has 3 aromatic rings. The number of carbonyl (C=O) groups excluding carboxylic acids is 1. The Hall–Kier alpha value is -3.40. The number of rotatable bonds is 6. The molecule has 0 aliphatic carbocycles. The predicted molar refractivity (Wildman–Crippen MR) is 151 cm³/mol. The van der Waals surface area contributed by atoms with Gasteiger partial charge in [0.25, 0.3) is 5.91 Å². The van der Waals surface area contributed by atoms with Crippen molar-refractivity contribution >= 4 is 21.6 Å². The Labute approximate surface area is 230 Å². The van der Waals surface area contributed by atoms with Crippen LogP contribution in [0, 0.1) is 0 Å². The summed E-state index contributed by atoms with van der Waals surface area (Å²) in [6.07, 6.45) is -0.388. The number of aliphatic hydroxyl groups excluding tert-OH is 1. The van der Waals surface area contributed by atoms with Crippen LogP contribution < -0.4 is 14.4 Å². The van der Waals surface area contributed by atoms with Crippen molar-refractivity contribution in [2.75, 3.05) is 31.1 Å². The first-order valence-corrected chi connectivity index (χ1v) is 14.8. The van der Waals surface area contributed by atoms with E-state index in [1.807, 2.05) is 25.1 Å². The molecular formula is C30H35N3O5S. The summed E-state index contributed by atoms with van der Waals surface area (Å²) in [4.78, 5) is 17.6. The quantitative estimate of drug-likeness (QED) is 0.486. The van der Waals surface area contributed by atoms with Gasteiger partial charge < -0.3 is 19.6 Å². The lowest BCUT2D eigenvalue weighted by molar-refractivity contribution is -0.0603. The van der Waals surface area contributed by atoms with Crippen LogP contribution in [0.5, 0.6) is 5.75 Å². The summed E-state index contributed by atoms with van der Waals surface area (Å²) in [7, 11) is -3.96. The smallest absolute Gasteiger partial charge is 0.253 e. The van der Waals surface area contributed by atoms with E-state index < -0.39 is 27.8 Å². The second-order valence-corrected chi connectivity index (χ2v) is 12.3. The molecule has 0 spiro atoms. The number of fused-ring (bicyclic) bond motifs is 1. The number of piperazine rings is 1. The van der Waals surface area contributed by atoms with Crippen molar-refractivity contribution in [3.63, 3.8) is 0 Å². The van der Waals surface area contributed by atoms with Crippen molar-refractivity contribution in [3.05, 3.63) is 89.5 Å². The monoisotopic (exact) mass is 549 g/mol. The highest BCUT2D eigenvalue weighted by atomic mass is 32.2. The van der Waals surface area contributed by atoms with E-state index in [-0.39, 0.29) is 10.8 Å². The number of nitrogens with zero attached hydrogens (tertiary/aromatic N) is 2. The van der Waals surface area contributed by atoms with E-state index in [1.165, 1.54) is 0 Å². The number of aliphatic hydroxyl groups is 1. The Kier molecular flexibility index (Phi) is 7.41. The number of carbonyl (C=O) groups is 1. The zero-order valence-corrected chi connectivity index (χ0v) is 23.3. The van der Waals surface area contributed by atoms with Crippen LogP contribution in [0.4, 0.5) is 5.69 Å². The largest absolute Gasteiger partial charge is 0.485 e. The molecule has 1 amide bonds. The van der Waals surface area contributed by atoms with E-state index in [2.05, 4.69) is 21.8 Å². The average molecular weight is 550 g/mol. The highest BCUT2D eigenvalue weighted by Gasteiger charge is 2.45. The maximum Gasteiger partial charge on any atom is 0.253 e. The summed E-state index contributed by atoms with van der Waals surface area (Å²) in [5, 5.41) is 11.2. The highest BCUT2D eigenvalue weighted by Crippen LogP contribution is 2.41. The van der Waals surface area contributed by atoms with E-state index in [9.17, 15) is 18.3 Å². The number of aryl methyl sites for hydroxylation is 1. The summed E-state index contributed by atoms with van der Waals surface area (Å²) in [5.74, 6) is 0.298. The standard InChI is InChI=1S/C30H35N3O5S/c1-4-21-10-13-24(14-11-21)39(36,37)31-27-25-20-22(12-15-26(25)38-30(2,3)28(27)34)29(35)33-18-16-32(17-19-33)23-8-6-5-7-9-23/h5-15,20,27-28,31,34H,4,16-19H2,1-3H3/t27-,28+/m1/s1. The number of para-hydroxylation sites is 1. The number of anilines is 1. The van der Waals surface area contributed by atoms with Gasteiger partial charge in [-0.05, 0) is 68.3 Å². The van der Waals surface area contributed by atoms with Crippen LogP contribution in [-0.4, -0.2) is 62.2 Å². The molecule has 0 unspecified atom stereocenters. The molecule has 0 bridgehead atoms. The van der Waals surface area contributed by atoms with Gasteiger partial charge in [-0.2, -0.15) is 0 Å². The lowest BCUT2D eigenvalue weighted by Gasteiger charge is -2.42. The SMILES string of the molecule is CCc1ccc(S(=O)(=O)N[C@@H]2c3cc(C(=O)N4CCN(c5ccccc5)CC4)ccc3OC(C)(C)[C@H]2O)cc1. The number of nitrogens with one attached hydrogen (secondary N) is 1. The molecule has 39 heavy (non-hydrogen) atoms. The van der Waals surface area contributed by atoms with E-state index in [0.29, 0.717) is 30.0 Å². The van der Waals surface area contributed by atoms with E-state index in [4.69, 9.17) is 4.74 Å². The summed E-state index contributed by atoms with van der Waals surface area (Å²) < 4.78 is 35.4. The van der Waals surface area contributed by atoms with Crippen LogP contribution in [0.25, 0.3) is 0 Å². The van der Waals surface area contributed by atoms with Gasteiger partial charge in [0.15, 0.2) is 0 Å². The van der Waals surface area contributed by atoms with Gasteiger partial charge in [-0.15, -0.1) is 0 Å². The second-order valence-electron chi connectivity index (χ2n) is 10.6. The zero-order chi connectivity index (χ0) is 27.8. The summed E-state index contributed by atoms with van der Waals surface area (Å²) in [5.41, 5.74) is 1.97. The molecule has 0 aromatic heterocycles. The van der Waals surface area contributed by atoms with Crippen molar-refractivity contribution in [3.8, 4) is 5.75 Å². The molecule has 0 radical (unpaired) electrons. The molecule has 5 rings (SSSR count). The first-order chi connectivity index (χ1) is 18.6. The Balaban J connectivity index is 1.39. The molecule has 206 valence electrons. The fourth-order valence-corrected chi connectivity index (χ4v) is 6.41. The topological polar surface area (TPSA) is 99.2 Å². The number of sulfonamides is 1. The third-order valence-corrected chi connectivity index (χ3v) is 9.06. The van der Waals surface area contributed by atoms with Crippen LogP contribution in [-0.2, 0) is 16.4 Å². The molecule has 3 aromatic carbocycles. The van der Waals surface area contributed by atoms with Crippen LogP contribution in [0.15, 0.2) is 77.7 Å². The Morgan fingerprint density at radius 1 is 1.00 bits per heavy atom. The van der Waals surface area contributed by atoms with E-state index >= 15 is 0 Å². The van der Waals surface area contributed by atoms with Gasteiger partial charge in [0.05, 0.1) is 10.9 Å². The fraction of sp³-hybridized carbons (Fsp3) is 0.367. The van der Waals surface area contributed by atoms with Crippen LogP contribution >= 0.6 is 0 Å². The molecule has 2 N–H and O–H groups in total.